The van der Waals surface area contributed by atoms with E-state index in [9.17, 15) is 0 Å². The van der Waals surface area contributed by atoms with Crippen molar-refractivity contribution in [1.82, 2.24) is 4.98 Å². The normalized spacial score (nSPS) is 15.5. The molecule has 1 aliphatic rings. The molecular formula is C12H17N3S. The summed E-state index contributed by atoms with van der Waals surface area (Å²) < 4.78 is 0. The van der Waals surface area contributed by atoms with Crippen molar-refractivity contribution < 1.29 is 0 Å². The number of nitrogens with zero attached hydrogens (tertiary/aromatic N) is 1. The summed E-state index contributed by atoms with van der Waals surface area (Å²) in [4.78, 5) is 4.66. The van der Waals surface area contributed by atoms with Gasteiger partial charge in [0.15, 0.2) is 0 Å². The van der Waals surface area contributed by atoms with Crippen LogP contribution in [0.4, 0.5) is 5.82 Å². The molecule has 1 aromatic rings. The Hall–Kier alpha value is -1.16. The molecule has 16 heavy (non-hydrogen) atoms. The van der Waals surface area contributed by atoms with E-state index in [1.54, 1.807) is 6.20 Å². The molecule has 0 spiro atoms. The van der Waals surface area contributed by atoms with E-state index in [0.29, 0.717) is 4.99 Å². The molecule has 0 aliphatic heterocycles. The van der Waals surface area contributed by atoms with Crippen LogP contribution >= 0.6 is 12.2 Å². The van der Waals surface area contributed by atoms with Gasteiger partial charge in [-0.1, -0.05) is 31.5 Å². The maximum absolute atomic E-state index is 5.57. The minimum Gasteiger partial charge on any atom is -0.389 e. The fraction of sp³-hybridized carbons (Fsp3) is 0.500. The molecule has 1 fully saturated rings. The SMILES string of the molecule is NC(=S)c1ccnc(NCCC2CCC2)c1. The number of nitrogens with one attached hydrogen (secondary N) is 1. The quantitative estimate of drug-likeness (QED) is 0.769. The maximum Gasteiger partial charge on any atom is 0.126 e. The summed E-state index contributed by atoms with van der Waals surface area (Å²) in [5.41, 5.74) is 6.44. The van der Waals surface area contributed by atoms with Crippen LogP contribution in [0.2, 0.25) is 0 Å². The Balaban J connectivity index is 1.83. The number of anilines is 1. The summed E-state index contributed by atoms with van der Waals surface area (Å²) in [6, 6.07) is 3.74. The van der Waals surface area contributed by atoms with Gasteiger partial charge in [-0.25, -0.2) is 4.98 Å². The van der Waals surface area contributed by atoms with Crippen molar-refractivity contribution in [3.8, 4) is 0 Å². The highest BCUT2D eigenvalue weighted by molar-refractivity contribution is 7.80. The van der Waals surface area contributed by atoms with Crippen molar-refractivity contribution in [2.24, 2.45) is 11.7 Å². The molecule has 3 N–H and O–H groups in total. The summed E-state index contributed by atoms with van der Waals surface area (Å²) in [6.07, 6.45) is 7.16. The van der Waals surface area contributed by atoms with Gasteiger partial charge in [-0.15, -0.1) is 0 Å². The second kappa shape index (κ2) is 5.25. The topological polar surface area (TPSA) is 50.9 Å². The van der Waals surface area contributed by atoms with Gasteiger partial charge in [0.25, 0.3) is 0 Å². The Kier molecular flexibility index (Phi) is 3.72. The van der Waals surface area contributed by atoms with Crippen LogP contribution in [0.15, 0.2) is 18.3 Å². The molecule has 2 rings (SSSR count). The second-order valence-corrected chi connectivity index (χ2v) is 4.75. The van der Waals surface area contributed by atoms with E-state index < -0.39 is 0 Å². The Labute approximate surface area is 101 Å². The van der Waals surface area contributed by atoms with Crippen LogP contribution < -0.4 is 11.1 Å². The van der Waals surface area contributed by atoms with Gasteiger partial charge in [-0.2, -0.15) is 0 Å². The fourth-order valence-electron chi connectivity index (χ4n) is 1.87. The van der Waals surface area contributed by atoms with Crippen LogP contribution in [0.3, 0.4) is 0 Å². The lowest BCUT2D eigenvalue weighted by atomic mass is 9.83. The van der Waals surface area contributed by atoms with Crippen LogP contribution in [0.25, 0.3) is 0 Å². The molecule has 1 saturated carbocycles. The van der Waals surface area contributed by atoms with Crippen molar-refractivity contribution in [2.75, 3.05) is 11.9 Å². The van der Waals surface area contributed by atoms with Gasteiger partial charge in [0.05, 0.1) is 0 Å². The lowest BCUT2D eigenvalue weighted by molar-refractivity contribution is 0.303. The highest BCUT2D eigenvalue weighted by atomic mass is 32.1. The third kappa shape index (κ3) is 2.92. The minimum atomic E-state index is 0.421. The Morgan fingerprint density at radius 2 is 2.38 bits per heavy atom. The number of rotatable bonds is 5. The molecule has 0 unspecified atom stereocenters. The van der Waals surface area contributed by atoms with Crippen molar-refractivity contribution in [2.45, 2.75) is 25.7 Å². The number of nitrogens with two attached hydrogens (primary N) is 1. The predicted octanol–water partition coefficient (Wildman–Crippen LogP) is 2.32. The number of aromatic nitrogens is 1. The third-order valence-electron chi connectivity index (χ3n) is 3.13. The number of pyridine rings is 1. The number of thiocarbonyl (C=S) groups is 1. The van der Waals surface area contributed by atoms with Gasteiger partial charge < -0.3 is 11.1 Å². The second-order valence-electron chi connectivity index (χ2n) is 4.31. The van der Waals surface area contributed by atoms with E-state index in [4.69, 9.17) is 18.0 Å². The zero-order valence-electron chi connectivity index (χ0n) is 9.28. The average Bonchev–Trinajstić information content (AvgIpc) is 2.22. The van der Waals surface area contributed by atoms with E-state index in [0.717, 1.165) is 23.8 Å². The zero-order valence-corrected chi connectivity index (χ0v) is 10.1. The number of hydrogen-bond acceptors (Lipinski definition) is 3. The van der Waals surface area contributed by atoms with Crippen LogP contribution in [0.5, 0.6) is 0 Å². The summed E-state index contributed by atoms with van der Waals surface area (Å²) in [7, 11) is 0. The van der Waals surface area contributed by atoms with Crippen molar-refractivity contribution >= 4 is 23.0 Å². The third-order valence-corrected chi connectivity index (χ3v) is 3.36. The van der Waals surface area contributed by atoms with Gasteiger partial charge >= 0.3 is 0 Å². The molecule has 1 aliphatic carbocycles. The average molecular weight is 235 g/mol. The smallest absolute Gasteiger partial charge is 0.126 e. The van der Waals surface area contributed by atoms with E-state index in [-0.39, 0.29) is 0 Å². The minimum absolute atomic E-state index is 0.421. The molecule has 1 heterocycles. The van der Waals surface area contributed by atoms with E-state index in [1.165, 1.54) is 25.7 Å². The molecule has 0 aromatic carbocycles. The lowest BCUT2D eigenvalue weighted by Gasteiger charge is -2.25. The van der Waals surface area contributed by atoms with Crippen LogP contribution in [-0.2, 0) is 0 Å². The van der Waals surface area contributed by atoms with Gasteiger partial charge in [-0.05, 0) is 24.5 Å². The highest BCUT2D eigenvalue weighted by Gasteiger charge is 2.16. The molecule has 0 amide bonds. The first-order valence-electron chi connectivity index (χ1n) is 5.75. The molecule has 0 bridgehead atoms. The standard InChI is InChI=1S/C12H17N3S/c13-12(16)10-5-7-15-11(8-10)14-6-4-9-2-1-3-9/h5,7-9H,1-4,6H2,(H2,13,16)(H,14,15). The Morgan fingerprint density at radius 3 is 3.00 bits per heavy atom. The zero-order chi connectivity index (χ0) is 11.4. The van der Waals surface area contributed by atoms with Crippen LogP contribution in [0, 0.1) is 5.92 Å². The predicted molar refractivity (Wildman–Crippen MR) is 70.6 cm³/mol. The van der Waals surface area contributed by atoms with Gasteiger partial charge in [-0.3, -0.25) is 0 Å². The molecule has 4 heteroatoms. The molecule has 3 nitrogen and oxygen atoms in total. The van der Waals surface area contributed by atoms with Crippen molar-refractivity contribution in [3.63, 3.8) is 0 Å². The molecular weight excluding hydrogens is 218 g/mol. The van der Waals surface area contributed by atoms with Gasteiger partial charge in [0, 0.05) is 18.3 Å². The molecule has 0 saturated heterocycles. The first-order chi connectivity index (χ1) is 7.75. The maximum atomic E-state index is 5.57. The number of hydrogen-bond donors (Lipinski definition) is 2. The first kappa shape index (κ1) is 11.3. The van der Waals surface area contributed by atoms with Crippen molar-refractivity contribution in [3.05, 3.63) is 23.9 Å². The van der Waals surface area contributed by atoms with E-state index >= 15 is 0 Å². The fourth-order valence-corrected chi connectivity index (χ4v) is 1.99. The summed E-state index contributed by atoms with van der Waals surface area (Å²) in [6.45, 7) is 0.985. The monoisotopic (exact) mass is 235 g/mol. The molecule has 0 atom stereocenters. The van der Waals surface area contributed by atoms with E-state index in [2.05, 4.69) is 10.3 Å². The molecule has 1 aromatic heterocycles. The summed E-state index contributed by atoms with van der Waals surface area (Å²) in [5.74, 6) is 1.79. The molecule has 86 valence electrons. The highest BCUT2D eigenvalue weighted by Crippen LogP contribution is 2.29. The van der Waals surface area contributed by atoms with Crippen molar-refractivity contribution in [1.29, 1.82) is 0 Å². The van der Waals surface area contributed by atoms with Gasteiger partial charge in [0.1, 0.15) is 10.8 Å². The van der Waals surface area contributed by atoms with Crippen LogP contribution in [0.1, 0.15) is 31.2 Å². The van der Waals surface area contributed by atoms with Crippen LogP contribution in [-0.4, -0.2) is 16.5 Å². The van der Waals surface area contributed by atoms with E-state index in [1.807, 2.05) is 12.1 Å². The summed E-state index contributed by atoms with van der Waals surface area (Å²) in [5, 5.41) is 3.31. The van der Waals surface area contributed by atoms with Gasteiger partial charge in [0.2, 0.25) is 0 Å². The molecule has 0 radical (unpaired) electrons. The lowest BCUT2D eigenvalue weighted by Crippen LogP contribution is -2.16. The first-order valence-corrected chi connectivity index (χ1v) is 6.16. The largest absolute Gasteiger partial charge is 0.389 e. The summed E-state index contributed by atoms with van der Waals surface area (Å²) >= 11 is 4.93. The Morgan fingerprint density at radius 1 is 1.56 bits per heavy atom. The Bertz CT molecular complexity index is 374.